The largest absolute Gasteiger partial charge is 0.369 e. The minimum absolute atomic E-state index is 0.320. The first kappa shape index (κ1) is 14.0. The first-order chi connectivity index (χ1) is 8.61. The summed E-state index contributed by atoms with van der Waals surface area (Å²) >= 11 is 3.54. The van der Waals surface area contributed by atoms with Crippen molar-refractivity contribution < 1.29 is 4.21 Å². The third kappa shape index (κ3) is 3.13. The highest BCUT2D eigenvalue weighted by Crippen LogP contribution is 2.30. The van der Waals surface area contributed by atoms with Crippen molar-refractivity contribution in [2.24, 2.45) is 0 Å². The molecule has 100 valence electrons. The van der Waals surface area contributed by atoms with Gasteiger partial charge in [0.1, 0.15) is 0 Å². The van der Waals surface area contributed by atoms with E-state index in [1.54, 1.807) is 0 Å². The van der Waals surface area contributed by atoms with Crippen LogP contribution in [-0.2, 0) is 10.8 Å². The van der Waals surface area contributed by atoms with Crippen molar-refractivity contribution in [2.75, 3.05) is 36.5 Å². The lowest BCUT2D eigenvalue weighted by atomic mass is 10.1. The summed E-state index contributed by atoms with van der Waals surface area (Å²) in [6.45, 7) is 3.92. The van der Waals surface area contributed by atoms with Gasteiger partial charge in [0.05, 0.1) is 0 Å². The fourth-order valence-electron chi connectivity index (χ4n) is 2.19. The number of nitrogens with zero attached hydrogens (tertiary/aromatic N) is 1. The summed E-state index contributed by atoms with van der Waals surface area (Å²) in [6.07, 6.45) is 0. The van der Waals surface area contributed by atoms with Crippen molar-refractivity contribution >= 4 is 32.4 Å². The summed E-state index contributed by atoms with van der Waals surface area (Å²) in [6, 6.07) is 6.72. The molecule has 1 N–H and O–H groups in total. The number of hydrogen-bond donors (Lipinski definition) is 1. The van der Waals surface area contributed by atoms with Crippen molar-refractivity contribution in [1.82, 2.24) is 5.32 Å². The normalized spacial score (nSPS) is 18.9. The number of hydrogen-bond acceptors (Lipinski definition) is 3. The van der Waals surface area contributed by atoms with Gasteiger partial charge in [-0.25, -0.2) is 0 Å². The maximum atomic E-state index is 11.4. The third-order valence-electron chi connectivity index (χ3n) is 3.41. The Kier molecular flexibility index (Phi) is 4.81. The van der Waals surface area contributed by atoms with Gasteiger partial charge in [-0.15, -0.1) is 0 Å². The highest BCUT2D eigenvalue weighted by Gasteiger charge is 2.19. The van der Waals surface area contributed by atoms with E-state index in [-0.39, 0.29) is 0 Å². The second-order valence-corrected chi connectivity index (χ2v) is 7.16. The van der Waals surface area contributed by atoms with Crippen LogP contribution in [0.25, 0.3) is 0 Å². The SMILES string of the molecule is CNC(C)c1ccc(Br)cc1N1CCS(=O)CC1. The van der Waals surface area contributed by atoms with Crippen LogP contribution in [0.15, 0.2) is 22.7 Å². The molecule has 0 spiro atoms. The maximum Gasteiger partial charge on any atom is 0.0426 e. The van der Waals surface area contributed by atoms with Crippen LogP contribution in [0, 0.1) is 0 Å². The quantitative estimate of drug-likeness (QED) is 0.922. The topological polar surface area (TPSA) is 32.3 Å². The average Bonchev–Trinajstić information content (AvgIpc) is 2.38. The van der Waals surface area contributed by atoms with E-state index in [2.05, 4.69) is 51.3 Å². The molecule has 1 unspecified atom stereocenters. The van der Waals surface area contributed by atoms with Crippen LogP contribution in [0.4, 0.5) is 5.69 Å². The van der Waals surface area contributed by atoms with Crippen molar-refractivity contribution in [1.29, 1.82) is 0 Å². The molecule has 1 atom stereocenters. The molecule has 18 heavy (non-hydrogen) atoms. The molecule has 1 saturated heterocycles. The molecule has 0 bridgehead atoms. The molecule has 1 heterocycles. The Morgan fingerprint density at radius 2 is 2.06 bits per heavy atom. The van der Waals surface area contributed by atoms with Gasteiger partial charge in [0.25, 0.3) is 0 Å². The van der Waals surface area contributed by atoms with Crippen LogP contribution >= 0.6 is 15.9 Å². The number of nitrogens with one attached hydrogen (secondary N) is 1. The summed E-state index contributed by atoms with van der Waals surface area (Å²) in [5.41, 5.74) is 2.55. The minimum Gasteiger partial charge on any atom is -0.369 e. The van der Waals surface area contributed by atoms with E-state index >= 15 is 0 Å². The Bertz CT molecular complexity index is 443. The Hall–Kier alpha value is -0.390. The zero-order valence-corrected chi connectivity index (χ0v) is 13.2. The molecule has 1 aliphatic rings. The fraction of sp³-hybridized carbons (Fsp3) is 0.538. The molecular formula is C13H19BrN2OS. The molecule has 1 aromatic rings. The Morgan fingerprint density at radius 3 is 2.67 bits per heavy atom. The summed E-state index contributed by atoms with van der Waals surface area (Å²) in [4.78, 5) is 2.34. The van der Waals surface area contributed by atoms with E-state index in [1.807, 2.05) is 7.05 Å². The van der Waals surface area contributed by atoms with Crippen molar-refractivity contribution in [2.45, 2.75) is 13.0 Å². The molecule has 0 radical (unpaired) electrons. The van der Waals surface area contributed by atoms with Crippen molar-refractivity contribution in [3.63, 3.8) is 0 Å². The lowest BCUT2D eigenvalue weighted by molar-refractivity contribution is 0.645. The first-order valence-electron chi connectivity index (χ1n) is 6.18. The third-order valence-corrected chi connectivity index (χ3v) is 5.18. The molecule has 3 nitrogen and oxygen atoms in total. The van der Waals surface area contributed by atoms with Crippen molar-refractivity contribution in [3.8, 4) is 0 Å². The monoisotopic (exact) mass is 330 g/mol. The standard InChI is InChI=1S/C13H19BrN2OS/c1-10(15-2)12-4-3-11(14)9-13(12)16-5-7-18(17)8-6-16/h3-4,9-10,15H,5-8H2,1-2H3. The van der Waals surface area contributed by atoms with Gasteiger partial charge in [-0.1, -0.05) is 22.0 Å². The van der Waals surface area contributed by atoms with Crippen molar-refractivity contribution in [3.05, 3.63) is 28.2 Å². The van der Waals surface area contributed by atoms with Gasteiger partial charge >= 0.3 is 0 Å². The maximum absolute atomic E-state index is 11.4. The molecule has 5 heteroatoms. The number of benzene rings is 1. The highest BCUT2D eigenvalue weighted by atomic mass is 79.9. The fourth-order valence-corrected chi connectivity index (χ4v) is 3.59. The second kappa shape index (κ2) is 6.17. The molecule has 2 rings (SSSR count). The summed E-state index contributed by atoms with van der Waals surface area (Å²) < 4.78 is 12.5. The molecule has 1 aliphatic heterocycles. The second-order valence-electron chi connectivity index (χ2n) is 4.55. The smallest absolute Gasteiger partial charge is 0.0426 e. The number of anilines is 1. The van der Waals surface area contributed by atoms with Gasteiger partial charge in [-0.2, -0.15) is 0 Å². The van der Waals surface area contributed by atoms with E-state index in [0.717, 1.165) is 29.1 Å². The minimum atomic E-state index is -0.628. The van der Waals surface area contributed by atoms with Gasteiger partial charge < -0.3 is 10.2 Å². The van der Waals surface area contributed by atoms with Crippen LogP contribution < -0.4 is 10.2 Å². The van der Waals surface area contributed by atoms with Crippen LogP contribution in [-0.4, -0.2) is 35.9 Å². The van der Waals surface area contributed by atoms with Gasteiger partial charge in [0.2, 0.25) is 0 Å². The first-order valence-corrected chi connectivity index (χ1v) is 8.46. The predicted molar refractivity (Wildman–Crippen MR) is 81.7 cm³/mol. The lowest BCUT2D eigenvalue weighted by Gasteiger charge is -2.31. The zero-order valence-electron chi connectivity index (χ0n) is 10.8. The van der Waals surface area contributed by atoms with E-state index in [1.165, 1.54) is 11.3 Å². The Morgan fingerprint density at radius 1 is 1.39 bits per heavy atom. The molecule has 0 saturated carbocycles. The van der Waals surface area contributed by atoms with E-state index in [4.69, 9.17) is 0 Å². The van der Waals surface area contributed by atoms with E-state index in [0.29, 0.717) is 6.04 Å². The molecule has 0 amide bonds. The van der Waals surface area contributed by atoms with Crippen LogP contribution in [0.3, 0.4) is 0 Å². The molecule has 0 aliphatic carbocycles. The highest BCUT2D eigenvalue weighted by molar-refractivity contribution is 9.10. The molecular weight excluding hydrogens is 312 g/mol. The predicted octanol–water partition coefficient (Wildman–Crippen LogP) is 2.30. The van der Waals surface area contributed by atoms with Gasteiger partial charge in [0, 0.05) is 51.6 Å². The van der Waals surface area contributed by atoms with Crippen LogP contribution in [0.5, 0.6) is 0 Å². The summed E-state index contributed by atoms with van der Waals surface area (Å²) in [7, 11) is 1.35. The summed E-state index contributed by atoms with van der Waals surface area (Å²) in [5.74, 6) is 1.56. The summed E-state index contributed by atoms with van der Waals surface area (Å²) in [5, 5.41) is 3.29. The van der Waals surface area contributed by atoms with Crippen LogP contribution in [0.2, 0.25) is 0 Å². The van der Waals surface area contributed by atoms with E-state index in [9.17, 15) is 4.21 Å². The molecule has 1 fully saturated rings. The van der Waals surface area contributed by atoms with Gasteiger partial charge in [-0.3, -0.25) is 4.21 Å². The molecule has 0 aromatic heterocycles. The number of halogens is 1. The average molecular weight is 331 g/mol. The zero-order chi connectivity index (χ0) is 13.1. The Labute approximate surface area is 120 Å². The molecule has 1 aromatic carbocycles. The number of rotatable bonds is 3. The lowest BCUT2D eigenvalue weighted by Crippen LogP contribution is -2.38. The Balaban J connectivity index is 2.29. The van der Waals surface area contributed by atoms with Crippen LogP contribution in [0.1, 0.15) is 18.5 Å². The van der Waals surface area contributed by atoms with E-state index < -0.39 is 10.8 Å². The van der Waals surface area contributed by atoms with Gasteiger partial charge in [-0.05, 0) is 31.7 Å². The van der Waals surface area contributed by atoms with Gasteiger partial charge in [0.15, 0.2) is 0 Å².